The van der Waals surface area contributed by atoms with Crippen molar-refractivity contribution in [2.75, 3.05) is 32.1 Å². The highest BCUT2D eigenvalue weighted by atomic mass is 19.1. The van der Waals surface area contributed by atoms with Crippen molar-refractivity contribution in [2.24, 2.45) is 0 Å². The zero-order valence-electron chi connectivity index (χ0n) is 16.7. The molecule has 1 unspecified atom stereocenters. The lowest BCUT2D eigenvalue weighted by molar-refractivity contribution is 0.0850. The van der Waals surface area contributed by atoms with E-state index in [1.807, 2.05) is 12.1 Å². The third-order valence-corrected chi connectivity index (χ3v) is 5.26. The topological polar surface area (TPSA) is 54.6 Å². The van der Waals surface area contributed by atoms with E-state index in [1.54, 1.807) is 12.1 Å². The van der Waals surface area contributed by atoms with Crippen LogP contribution >= 0.6 is 0 Å². The Bertz CT molecular complexity index is 925. The van der Waals surface area contributed by atoms with Gasteiger partial charge in [-0.1, -0.05) is 17.3 Å². The van der Waals surface area contributed by atoms with Crippen LogP contribution in [0, 0.1) is 5.82 Å². The van der Waals surface area contributed by atoms with Crippen molar-refractivity contribution < 1.29 is 13.7 Å². The predicted molar refractivity (Wildman–Crippen MR) is 109 cm³/mol. The number of benzene rings is 2. The molecule has 0 aliphatic carbocycles. The number of ether oxygens (including phenoxy) is 1. The number of rotatable bonds is 7. The van der Waals surface area contributed by atoms with Crippen molar-refractivity contribution in [3.05, 3.63) is 65.8 Å². The van der Waals surface area contributed by atoms with Gasteiger partial charge in [-0.3, -0.25) is 0 Å². The van der Waals surface area contributed by atoms with E-state index in [4.69, 9.17) is 9.26 Å². The number of anilines is 1. The fraction of sp³-hybridized carbons (Fsp3) is 0.364. The van der Waals surface area contributed by atoms with Crippen LogP contribution in [0.3, 0.4) is 0 Å². The van der Waals surface area contributed by atoms with Gasteiger partial charge in [-0.15, -0.1) is 0 Å². The number of aromatic nitrogens is 2. The van der Waals surface area contributed by atoms with Crippen LogP contribution in [-0.4, -0.2) is 48.3 Å². The summed E-state index contributed by atoms with van der Waals surface area (Å²) >= 11 is 0. The Morgan fingerprint density at radius 1 is 1.10 bits per heavy atom. The molecule has 6 nitrogen and oxygen atoms in total. The number of nitrogens with zero attached hydrogens (tertiary/aromatic N) is 4. The summed E-state index contributed by atoms with van der Waals surface area (Å²) < 4.78 is 23.8. The van der Waals surface area contributed by atoms with Crippen molar-refractivity contribution in [3.8, 4) is 11.4 Å². The first-order valence-electron chi connectivity index (χ1n) is 9.75. The Hall–Kier alpha value is -2.77. The number of halogens is 1. The lowest BCUT2D eigenvalue weighted by Gasteiger charge is -2.21. The smallest absolute Gasteiger partial charge is 0.252 e. The maximum Gasteiger partial charge on any atom is 0.252 e. The van der Waals surface area contributed by atoms with Crippen molar-refractivity contribution >= 4 is 5.69 Å². The van der Waals surface area contributed by atoms with E-state index in [9.17, 15) is 4.39 Å². The summed E-state index contributed by atoms with van der Waals surface area (Å²) in [4.78, 5) is 9.09. The van der Waals surface area contributed by atoms with Gasteiger partial charge in [0, 0.05) is 30.4 Å². The molecule has 1 saturated heterocycles. The van der Waals surface area contributed by atoms with Gasteiger partial charge >= 0.3 is 0 Å². The van der Waals surface area contributed by atoms with Gasteiger partial charge in [0.2, 0.25) is 5.82 Å². The van der Waals surface area contributed by atoms with Crippen LogP contribution in [0.2, 0.25) is 0 Å². The first-order chi connectivity index (χ1) is 14.1. The number of likely N-dealkylation sites (N-methyl/N-ethyl adjacent to an activating group) is 1. The standard InChI is InChI=1S/C22H25FN4O2/c1-26(2)20-11-12-27(13-20)19-9-5-17(6-10-19)22-24-21(29-25-22)15-28-14-16-3-7-18(23)8-4-16/h3-10,20H,11-15H2,1-2H3. The molecule has 1 aliphatic rings. The van der Waals surface area contributed by atoms with E-state index in [0.717, 1.165) is 24.2 Å². The highest BCUT2D eigenvalue weighted by molar-refractivity contribution is 5.60. The first-order valence-corrected chi connectivity index (χ1v) is 9.75. The summed E-state index contributed by atoms with van der Waals surface area (Å²) in [5.74, 6) is 0.702. The molecule has 1 atom stereocenters. The molecule has 0 spiro atoms. The van der Waals surface area contributed by atoms with Crippen LogP contribution in [0.15, 0.2) is 53.1 Å². The SMILES string of the molecule is CN(C)C1CCN(c2ccc(-c3noc(COCc4ccc(F)cc4)n3)cc2)C1. The van der Waals surface area contributed by atoms with Crippen LogP contribution < -0.4 is 4.90 Å². The highest BCUT2D eigenvalue weighted by Crippen LogP contribution is 2.25. The summed E-state index contributed by atoms with van der Waals surface area (Å²) in [5.41, 5.74) is 3.01. The van der Waals surface area contributed by atoms with Crippen molar-refractivity contribution in [1.82, 2.24) is 15.0 Å². The molecule has 7 heteroatoms. The Balaban J connectivity index is 1.32. The van der Waals surface area contributed by atoms with Crippen LogP contribution in [-0.2, 0) is 18.0 Å². The summed E-state index contributed by atoms with van der Waals surface area (Å²) in [7, 11) is 4.27. The van der Waals surface area contributed by atoms with E-state index in [-0.39, 0.29) is 12.4 Å². The van der Waals surface area contributed by atoms with Gasteiger partial charge in [-0.05, 0) is 62.5 Å². The van der Waals surface area contributed by atoms with Crippen molar-refractivity contribution in [2.45, 2.75) is 25.7 Å². The molecule has 29 heavy (non-hydrogen) atoms. The Morgan fingerprint density at radius 3 is 2.55 bits per heavy atom. The minimum Gasteiger partial charge on any atom is -0.370 e. The molecular weight excluding hydrogens is 371 g/mol. The summed E-state index contributed by atoms with van der Waals surface area (Å²) in [6, 6.07) is 15.1. The van der Waals surface area contributed by atoms with Gasteiger partial charge < -0.3 is 19.1 Å². The van der Waals surface area contributed by atoms with Gasteiger partial charge in [-0.2, -0.15) is 4.98 Å². The lowest BCUT2D eigenvalue weighted by Crippen LogP contribution is -2.31. The summed E-state index contributed by atoms with van der Waals surface area (Å²) in [6.07, 6.45) is 1.18. The van der Waals surface area contributed by atoms with E-state index in [2.05, 4.69) is 46.2 Å². The molecule has 1 aliphatic heterocycles. The fourth-order valence-electron chi connectivity index (χ4n) is 3.49. The summed E-state index contributed by atoms with van der Waals surface area (Å²) in [5, 5.41) is 4.05. The van der Waals surface area contributed by atoms with E-state index in [1.165, 1.54) is 24.2 Å². The van der Waals surface area contributed by atoms with Crippen LogP contribution in [0.5, 0.6) is 0 Å². The first kappa shape index (κ1) is 19.5. The molecular formula is C22H25FN4O2. The monoisotopic (exact) mass is 396 g/mol. The molecule has 4 rings (SSSR count). The van der Waals surface area contributed by atoms with Crippen molar-refractivity contribution in [1.29, 1.82) is 0 Å². The second-order valence-corrected chi connectivity index (χ2v) is 7.53. The summed E-state index contributed by atoms with van der Waals surface area (Å²) in [6.45, 7) is 2.68. The molecule has 0 radical (unpaired) electrons. The maximum absolute atomic E-state index is 12.9. The predicted octanol–water partition coefficient (Wildman–Crippen LogP) is 3.73. The number of hydrogen-bond donors (Lipinski definition) is 0. The zero-order valence-corrected chi connectivity index (χ0v) is 16.7. The highest BCUT2D eigenvalue weighted by Gasteiger charge is 2.24. The quantitative estimate of drug-likeness (QED) is 0.607. The van der Waals surface area contributed by atoms with E-state index < -0.39 is 0 Å². The fourth-order valence-corrected chi connectivity index (χ4v) is 3.49. The van der Waals surface area contributed by atoms with Gasteiger partial charge in [0.1, 0.15) is 12.4 Å². The second-order valence-electron chi connectivity index (χ2n) is 7.53. The Labute approximate surface area is 169 Å². The third kappa shape index (κ3) is 4.81. The third-order valence-electron chi connectivity index (χ3n) is 5.26. The van der Waals surface area contributed by atoms with Gasteiger partial charge in [0.05, 0.1) is 6.61 Å². The molecule has 1 fully saturated rings. The van der Waals surface area contributed by atoms with Crippen LogP contribution in [0.25, 0.3) is 11.4 Å². The van der Waals surface area contributed by atoms with Crippen LogP contribution in [0.4, 0.5) is 10.1 Å². The number of hydrogen-bond acceptors (Lipinski definition) is 6. The molecule has 0 bridgehead atoms. The van der Waals surface area contributed by atoms with Crippen molar-refractivity contribution in [3.63, 3.8) is 0 Å². The second kappa shape index (κ2) is 8.71. The Morgan fingerprint density at radius 2 is 1.86 bits per heavy atom. The molecule has 2 aromatic carbocycles. The van der Waals surface area contributed by atoms with Gasteiger partial charge in [0.15, 0.2) is 0 Å². The minimum atomic E-state index is -0.261. The molecule has 0 saturated carbocycles. The average molecular weight is 396 g/mol. The van der Waals surface area contributed by atoms with E-state index >= 15 is 0 Å². The largest absolute Gasteiger partial charge is 0.370 e. The van der Waals surface area contributed by atoms with Gasteiger partial charge in [0.25, 0.3) is 5.89 Å². The molecule has 152 valence electrons. The normalized spacial score (nSPS) is 16.7. The molecule has 1 aromatic heterocycles. The molecule has 3 aromatic rings. The van der Waals surface area contributed by atoms with E-state index in [0.29, 0.717) is 24.4 Å². The molecule has 2 heterocycles. The maximum atomic E-state index is 12.9. The molecule has 0 amide bonds. The average Bonchev–Trinajstić information content (AvgIpc) is 3.40. The zero-order chi connectivity index (χ0) is 20.2. The minimum absolute atomic E-state index is 0.210. The lowest BCUT2D eigenvalue weighted by atomic mass is 10.2. The van der Waals surface area contributed by atoms with Crippen LogP contribution in [0.1, 0.15) is 17.9 Å². The van der Waals surface area contributed by atoms with Gasteiger partial charge in [-0.25, -0.2) is 4.39 Å². The Kier molecular flexibility index (Phi) is 5.87. The molecule has 0 N–H and O–H groups in total.